The summed E-state index contributed by atoms with van der Waals surface area (Å²) in [5, 5.41) is 7.12. The van der Waals surface area contributed by atoms with Crippen LogP contribution in [-0.2, 0) is 6.54 Å². The van der Waals surface area contributed by atoms with Crippen LogP contribution in [0.3, 0.4) is 0 Å². The first-order chi connectivity index (χ1) is 12.3. The summed E-state index contributed by atoms with van der Waals surface area (Å²) in [6.07, 6.45) is 11.6. The Hall–Kier alpha value is -2.20. The van der Waals surface area contributed by atoms with E-state index < -0.39 is 0 Å². The van der Waals surface area contributed by atoms with Gasteiger partial charge in [-0.2, -0.15) is 0 Å². The summed E-state index contributed by atoms with van der Waals surface area (Å²) in [5.74, 6) is 0.655. The van der Waals surface area contributed by atoms with Gasteiger partial charge in [-0.3, -0.25) is 9.97 Å². The highest BCUT2D eigenvalue weighted by Gasteiger charge is 2.19. The molecule has 1 saturated heterocycles. The van der Waals surface area contributed by atoms with Gasteiger partial charge < -0.3 is 10.6 Å². The van der Waals surface area contributed by atoms with Gasteiger partial charge in [0.2, 0.25) is 0 Å². The summed E-state index contributed by atoms with van der Waals surface area (Å²) in [5.41, 5.74) is 5.87. The number of hydrogen-bond donors (Lipinski definition) is 2. The number of allylic oxidation sites excluding steroid dienone is 3. The first-order valence-corrected chi connectivity index (χ1v) is 9.32. The zero-order valence-electron chi connectivity index (χ0n) is 15.3. The molecule has 2 aromatic rings. The van der Waals surface area contributed by atoms with Crippen molar-refractivity contribution in [2.75, 3.05) is 13.1 Å². The second-order valence-electron chi connectivity index (χ2n) is 6.53. The van der Waals surface area contributed by atoms with Gasteiger partial charge in [-0.05, 0) is 68.5 Å². The van der Waals surface area contributed by atoms with Crippen LogP contribution in [-0.4, -0.2) is 23.1 Å². The van der Waals surface area contributed by atoms with Crippen molar-refractivity contribution in [2.24, 2.45) is 5.92 Å². The summed E-state index contributed by atoms with van der Waals surface area (Å²) in [7, 11) is 0. The van der Waals surface area contributed by atoms with Crippen LogP contribution in [0, 0.1) is 5.92 Å². The first kappa shape index (κ1) is 17.6. The van der Waals surface area contributed by atoms with E-state index in [9.17, 15) is 0 Å². The lowest BCUT2D eigenvalue weighted by molar-refractivity contribution is 0.418. The van der Waals surface area contributed by atoms with Crippen molar-refractivity contribution >= 4 is 11.0 Å². The molecule has 0 atom stereocenters. The molecule has 4 nitrogen and oxygen atoms in total. The van der Waals surface area contributed by atoms with Gasteiger partial charge in [0.15, 0.2) is 0 Å². The molecule has 1 aromatic carbocycles. The van der Waals surface area contributed by atoms with Crippen LogP contribution in [0.2, 0.25) is 0 Å². The molecular weight excluding hydrogens is 308 g/mol. The molecule has 0 aliphatic carbocycles. The minimum absolute atomic E-state index is 0.655. The molecule has 2 heterocycles. The van der Waals surface area contributed by atoms with Gasteiger partial charge in [0.25, 0.3) is 0 Å². The predicted octanol–water partition coefficient (Wildman–Crippen LogP) is 3.96. The van der Waals surface area contributed by atoms with E-state index in [0.29, 0.717) is 5.92 Å². The van der Waals surface area contributed by atoms with Crippen molar-refractivity contribution in [1.82, 2.24) is 20.6 Å². The van der Waals surface area contributed by atoms with Crippen molar-refractivity contribution in [3.63, 3.8) is 0 Å². The lowest BCUT2D eigenvalue weighted by Gasteiger charge is -2.27. The molecule has 1 fully saturated rings. The SMILES string of the molecule is C/C=C(NCc1ccc2nccnc2c1)\C(=C/CC)C1CCNCC1. The molecule has 1 aliphatic heterocycles. The van der Waals surface area contributed by atoms with Gasteiger partial charge in [-0.1, -0.05) is 25.1 Å². The Morgan fingerprint density at radius 3 is 2.68 bits per heavy atom. The average Bonchev–Trinajstić information content (AvgIpc) is 2.68. The zero-order chi connectivity index (χ0) is 17.5. The maximum absolute atomic E-state index is 4.40. The minimum Gasteiger partial charge on any atom is -0.381 e. The Morgan fingerprint density at radius 2 is 1.96 bits per heavy atom. The third-order valence-electron chi connectivity index (χ3n) is 4.82. The van der Waals surface area contributed by atoms with E-state index in [1.165, 1.54) is 29.7 Å². The number of fused-ring (bicyclic) bond motifs is 1. The van der Waals surface area contributed by atoms with Gasteiger partial charge in [0.05, 0.1) is 11.0 Å². The van der Waals surface area contributed by atoms with Gasteiger partial charge in [0.1, 0.15) is 0 Å². The molecule has 132 valence electrons. The molecule has 0 amide bonds. The number of piperidine rings is 1. The van der Waals surface area contributed by atoms with Gasteiger partial charge in [0, 0.05) is 24.6 Å². The molecule has 0 saturated carbocycles. The molecule has 3 rings (SSSR count). The number of benzene rings is 1. The van der Waals surface area contributed by atoms with Crippen molar-refractivity contribution in [3.05, 3.63) is 59.6 Å². The second-order valence-corrected chi connectivity index (χ2v) is 6.53. The molecule has 0 bridgehead atoms. The largest absolute Gasteiger partial charge is 0.381 e. The van der Waals surface area contributed by atoms with Crippen LogP contribution in [0.15, 0.2) is 54.0 Å². The molecule has 1 aliphatic rings. The van der Waals surface area contributed by atoms with Crippen LogP contribution in [0.4, 0.5) is 0 Å². The maximum Gasteiger partial charge on any atom is 0.0890 e. The summed E-state index contributed by atoms with van der Waals surface area (Å²) in [6.45, 7) is 7.38. The van der Waals surface area contributed by atoms with Crippen LogP contribution in [0.1, 0.15) is 38.7 Å². The van der Waals surface area contributed by atoms with Crippen molar-refractivity contribution in [2.45, 2.75) is 39.7 Å². The Balaban J connectivity index is 1.72. The van der Waals surface area contributed by atoms with E-state index in [2.05, 4.69) is 58.7 Å². The summed E-state index contributed by atoms with van der Waals surface area (Å²) < 4.78 is 0. The summed E-state index contributed by atoms with van der Waals surface area (Å²) >= 11 is 0. The zero-order valence-corrected chi connectivity index (χ0v) is 15.3. The highest BCUT2D eigenvalue weighted by Crippen LogP contribution is 2.27. The molecule has 25 heavy (non-hydrogen) atoms. The number of aromatic nitrogens is 2. The monoisotopic (exact) mass is 336 g/mol. The van der Waals surface area contributed by atoms with Gasteiger partial charge in [-0.15, -0.1) is 0 Å². The Labute approximate surface area is 150 Å². The molecule has 4 heteroatoms. The number of hydrogen-bond acceptors (Lipinski definition) is 4. The van der Waals surface area contributed by atoms with Gasteiger partial charge >= 0.3 is 0 Å². The molecule has 2 N–H and O–H groups in total. The van der Waals surface area contributed by atoms with Crippen LogP contribution < -0.4 is 10.6 Å². The standard InChI is InChI=1S/C21H28N4/c1-3-5-18(17-8-10-22-11-9-17)19(4-2)25-15-16-6-7-20-21(14-16)24-13-12-23-20/h4-7,12-14,17,22,25H,3,8-11,15H2,1-2H3/b18-5-,19-4+. The first-order valence-electron chi connectivity index (χ1n) is 9.32. The normalized spacial score (nSPS) is 17.0. The van der Waals surface area contributed by atoms with E-state index in [1.807, 2.05) is 6.07 Å². The fraction of sp³-hybridized carbons (Fsp3) is 0.429. The van der Waals surface area contributed by atoms with Crippen LogP contribution >= 0.6 is 0 Å². The molecule has 0 radical (unpaired) electrons. The third kappa shape index (κ3) is 4.45. The Bertz CT molecular complexity index is 757. The van der Waals surface area contributed by atoms with E-state index in [-0.39, 0.29) is 0 Å². The van der Waals surface area contributed by atoms with Gasteiger partial charge in [-0.25, -0.2) is 0 Å². The topological polar surface area (TPSA) is 49.8 Å². The molecule has 0 unspecified atom stereocenters. The average molecular weight is 336 g/mol. The Kier molecular flexibility index (Phi) is 6.18. The molecular formula is C21H28N4. The summed E-state index contributed by atoms with van der Waals surface area (Å²) in [4.78, 5) is 8.74. The fourth-order valence-corrected chi connectivity index (χ4v) is 3.54. The molecule has 0 spiro atoms. The maximum atomic E-state index is 4.40. The van der Waals surface area contributed by atoms with Crippen LogP contribution in [0.5, 0.6) is 0 Å². The lowest BCUT2D eigenvalue weighted by atomic mass is 9.87. The van der Waals surface area contributed by atoms with Crippen molar-refractivity contribution in [3.8, 4) is 0 Å². The van der Waals surface area contributed by atoms with E-state index in [1.54, 1.807) is 12.4 Å². The lowest BCUT2D eigenvalue weighted by Crippen LogP contribution is -2.30. The highest BCUT2D eigenvalue weighted by atomic mass is 14.9. The van der Waals surface area contributed by atoms with Crippen molar-refractivity contribution in [1.29, 1.82) is 0 Å². The second kappa shape index (κ2) is 8.77. The molecule has 1 aromatic heterocycles. The van der Waals surface area contributed by atoms with E-state index in [4.69, 9.17) is 0 Å². The van der Waals surface area contributed by atoms with E-state index in [0.717, 1.165) is 37.1 Å². The summed E-state index contributed by atoms with van der Waals surface area (Å²) in [6, 6.07) is 6.30. The van der Waals surface area contributed by atoms with Crippen LogP contribution in [0.25, 0.3) is 11.0 Å². The fourth-order valence-electron chi connectivity index (χ4n) is 3.54. The number of nitrogens with one attached hydrogen (secondary N) is 2. The predicted molar refractivity (Wildman–Crippen MR) is 104 cm³/mol. The number of nitrogens with zero attached hydrogens (tertiary/aromatic N) is 2. The van der Waals surface area contributed by atoms with E-state index >= 15 is 0 Å². The number of rotatable bonds is 6. The Morgan fingerprint density at radius 1 is 1.20 bits per heavy atom. The quantitative estimate of drug-likeness (QED) is 0.784. The van der Waals surface area contributed by atoms with Crippen molar-refractivity contribution < 1.29 is 0 Å². The minimum atomic E-state index is 0.655. The smallest absolute Gasteiger partial charge is 0.0890 e. The highest BCUT2D eigenvalue weighted by molar-refractivity contribution is 5.74. The third-order valence-corrected chi connectivity index (χ3v) is 4.82.